The van der Waals surface area contributed by atoms with E-state index in [1.54, 1.807) is 0 Å². The molecular formula is C23H15BrF7N5O2S. The number of hydrogen-bond acceptors (Lipinski definition) is 5. The number of alkyl halides is 6. The number of primary amides is 1. The highest BCUT2D eigenvalue weighted by molar-refractivity contribution is 9.10. The van der Waals surface area contributed by atoms with Crippen LogP contribution in [-0.4, -0.2) is 26.6 Å². The van der Waals surface area contributed by atoms with Crippen LogP contribution in [0.3, 0.4) is 0 Å². The molecule has 206 valence electrons. The van der Waals surface area contributed by atoms with E-state index in [1.165, 1.54) is 26.0 Å². The van der Waals surface area contributed by atoms with Crippen LogP contribution in [0.25, 0.3) is 21.3 Å². The highest BCUT2D eigenvalue weighted by Crippen LogP contribution is 2.44. The smallest absolute Gasteiger partial charge is 0.365 e. The van der Waals surface area contributed by atoms with E-state index >= 15 is 0 Å². The lowest BCUT2D eigenvalue weighted by Crippen LogP contribution is -2.26. The van der Waals surface area contributed by atoms with Crippen LogP contribution in [0.1, 0.15) is 39.7 Å². The SMILES string of the molecule is Cc1c(Br)c(C(F)(F)F)nn1C(C)C(=O)Nc1c(C(N)=O)sc2nc(C(F)(F)F)cc(-c3ccc(F)cc3)c12. The Morgan fingerprint density at radius 3 is 2.23 bits per heavy atom. The van der Waals surface area contributed by atoms with Gasteiger partial charge >= 0.3 is 12.4 Å². The number of nitrogens with zero attached hydrogens (tertiary/aromatic N) is 3. The van der Waals surface area contributed by atoms with Crippen molar-refractivity contribution in [1.82, 2.24) is 14.8 Å². The van der Waals surface area contributed by atoms with E-state index < -0.39 is 47.4 Å². The standard InChI is InChI=1S/C23H15BrF7N5O2S/c1-8-15(24)18(23(29,30)31)35-36(8)9(2)20(38)34-16-14-12(10-3-5-11(25)6-4-10)7-13(22(26,27)28)33-21(14)39-17(16)19(32)37/h3-7,9H,1-2H3,(H2,32,37)(H,34,38). The topological polar surface area (TPSA) is 103 Å². The molecule has 3 aromatic heterocycles. The molecule has 7 nitrogen and oxygen atoms in total. The molecule has 3 heterocycles. The van der Waals surface area contributed by atoms with Crippen molar-refractivity contribution in [1.29, 1.82) is 0 Å². The maximum absolute atomic E-state index is 13.6. The first kappa shape index (κ1) is 28.5. The predicted molar refractivity (Wildman–Crippen MR) is 132 cm³/mol. The number of anilines is 1. The highest BCUT2D eigenvalue weighted by Gasteiger charge is 2.39. The van der Waals surface area contributed by atoms with E-state index in [0.29, 0.717) is 17.4 Å². The number of thiophene rings is 1. The zero-order valence-corrected chi connectivity index (χ0v) is 22.0. The van der Waals surface area contributed by atoms with E-state index in [4.69, 9.17) is 5.73 Å². The van der Waals surface area contributed by atoms with Crippen molar-refractivity contribution in [3.8, 4) is 11.1 Å². The van der Waals surface area contributed by atoms with Crippen molar-refractivity contribution in [2.45, 2.75) is 32.2 Å². The lowest BCUT2D eigenvalue weighted by Gasteiger charge is -2.16. The summed E-state index contributed by atoms with van der Waals surface area (Å²) in [7, 11) is 0. The molecule has 0 radical (unpaired) electrons. The molecule has 0 aliphatic rings. The fourth-order valence-electron chi connectivity index (χ4n) is 3.79. The summed E-state index contributed by atoms with van der Waals surface area (Å²) in [5, 5.41) is 5.80. The molecule has 4 aromatic rings. The molecule has 16 heteroatoms. The average molecular weight is 638 g/mol. The summed E-state index contributed by atoms with van der Waals surface area (Å²) >= 11 is 3.30. The molecule has 1 unspecified atom stereocenters. The molecule has 0 aliphatic heterocycles. The van der Waals surface area contributed by atoms with E-state index in [9.17, 15) is 40.3 Å². The maximum atomic E-state index is 13.6. The van der Waals surface area contributed by atoms with Crippen LogP contribution in [0, 0.1) is 12.7 Å². The Bertz CT molecular complexity index is 1610. The number of fused-ring (bicyclic) bond motifs is 1. The number of carbonyl (C=O) groups is 2. The van der Waals surface area contributed by atoms with Gasteiger partial charge in [-0.25, -0.2) is 9.37 Å². The molecule has 4 rings (SSSR count). The summed E-state index contributed by atoms with van der Waals surface area (Å²) in [4.78, 5) is 28.4. The lowest BCUT2D eigenvalue weighted by atomic mass is 10.0. The van der Waals surface area contributed by atoms with Crippen molar-refractivity contribution in [2.75, 3.05) is 5.32 Å². The summed E-state index contributed by atoms with van der Waals surface area (Å²) < 4.78 is 94.8. The van der Waals surface area contributed by atoms with Crippen LogP contribution in [0.5, 0.6) is 0 Å². The summed E-state index contributed by atoms with van der Waals surface area (Å²) in [5.41, 5.74) is 2.51. The molecule has 0 fully saturated rings. The number of nitrogens with two attached hydrogens (primary N) is 1. The molecule has 1 aromatic carbocycles. The average Bonchev–Trinajstić information content (AvgIpc) is 3.35. The number of nitrogens with one attached hydrogen (secondary N) is 1. The van der Waals surface area contributed by atoms with Gasteiger partial charge in [0.05, 0.1) is 15.9 Å². The van der Waals surface area contributed by atoms with Crippen molar-refractivity contribution in [3.63, 3.8) is 0 Å². The Labute approximate surface area is 226 Å². The van der Waals surface area contributed by atoms with Gasteiger partial charge in [-0.05, 0) is 59.1 Å². The Kier molecular flexibility index (Phi) is 7.23. The first-order valence-electron chi connectivity index (χ1n) is 10.7. The van der Waals surface area contributed by atoms with Crippen molar-refractivity contribution >= 4 is 55.0 Å². The Hall–Kier alpha value is -3.53. The fraction of sp³-hybridized carbons (Fsp3) is 0.217. The molecule has 39 heavy (non-hydrogen) atoms. The van der Waals surface area contributed by atoms with Crippen molar-refractivity contribution in [2.24, 2.45) is 5.73 Å². The Morgan fingerprint density at radius 2 is 1.72 bits per heavy atom. The van der Waals surface area contributed by atoms with Gasteiger partial charge in [-0.3, -0.25) is 14.3 Å². The molecular weight excluding hydrogens is 623 g/mol. The van der Waals surface area contributed by atoms with Gasteiger partial charge in [0.25, 0.3) is 5.91 Å². The van der Waals surface area contributed by atoms with E-state index in [-0.39, 0.29) is 42.1 Å². The van der Waals surface area contributed by atoms with Gasteiger partial charge < -0.3 is 11.1 Å². The van der Waals surface area contributed by atoms with E-state index in [1.807, 2.05) is 0 Å². The minimum Gasteiger partial charge on any atom is -0.365 e. The van der Waals surface area contributed by atoms with Gasteiger partial charge in [0.15, 0.2) is 5.69 Å². The first-order chi connectivity index (χ1) is 18.0. The van der Waals surface area contributed by atoms with Crippen LogP contribution < -0.4 is 11.1 Å². The third kappa shape index (κ3) is 5.34. The number of benzene rings is 1. The lowest BCUT2D eigenvalue weighted by molar-refractivity contribution is -0.142. The van der Waals surface area contributed by atoms with Gasteiger partial charge in [-0.2, -0.15) is 31.4 Å². The molecule has 0 saturated carbocycles. The summed E-state index contributed by atoms with van der Waals surface area (Å²) in [6.07, 6.45) is -9.71. The van der Waals surface area contributed by atoms with Crippen LogP contribution in [0.4, 0.5) is 36.4 Å². The van der Waals surface area contributed by atoms with E-state index in [2.05, 4.69) is 31.3 Å². The van der Waals surface area contributed by atoms with Crippen molar-refractivity contribution < 1.29 is 40.3 Å². The minimum absolute atomic E-state index is 0.0289. The number of aromatic nitrogens is 3. The fourth-order valence-corrected chi connectivity index (χ4v) is 5.28. The maximum Gasteiger partial charge on any atom is 0.436 e. The Morgan fingerprint density at radius 1 is 1.10 bits per heavy atom. The monoisotopic (exact) mass is 637 g/mol. The second-order valence-corrected chi connectivity index (χ2v) is 10.1. The number of rotatable bonds is 5. The first-order valence-corrected chi connectivity index (χ1v) is 12.3. The van der Waals surface area contributed by atoms with Gasteiger partial charge in [0.2, 0.25) is 5.91 Å². The second-order valence-electron chi connectivity index (χ2n) is 8.27. The molecule has 0 aliphatic carbocycles. The largest absolute Gasteiger partial charge is 0.436 e. The van der Waals surface area contributed by atoms with Crippen LogP contribution in [0.15, 0.2) is 34.8 Å². The van der Waals surface area contributed by atoms with Gasteiger partial charge in [0, 0.05) is 5.39 Å². The molecule has 1 atom stereocenters. The van der Waals surface area contributed by atoms with E-state index in [0.717, 1.165) is 16.8 Å². The summed E-state index contributed by atoms with van der Waals surface area (Å²) in [5.74, 6) is -2.71. The zero-order valence-electron chi connectivity index (χ0n) is 19.6. The molecule has 3 N–H and O–H groups in total. The van der Waals surface area contributed by atoms with Crippen LogP contribution >= 0.6 is 27.3 Å². The van der Waals surface area contributed by atoms with Gasteiger partial charge in [-0.15, -0.1) is 11.3 Å². The summed E-state index contributed by atoms with van der Waals surface area (Å²) in [6, 6.07) is 3.72. The van der Waals surface area contributed by atoms with Gasteiger partial charge in [-0.1, -0.05) is 12.1 Å². The number of halogens is 8. The number of amides is 2. The third-order valence-electron chi connectivity index (χ3n) is 5.67. The van der Waals surface area contributed by atoms with Crippen LogP contribution in [0.2, 0.25) is 0 Å². The highest BCUT2D eigenvalue weighted by atomic mass is 79.9. The quantitative estimate of drug-likeness (QED) is 0.238. The molecule has 0 spiro atoms. The van der Waals surface area contributed by atoms with Crippen molar-refractivity contribution in [3.05, 3.63) is 62.6 Å². The Balaban J connectivity index is 1.89. The summed E-state index contributed by atoms with van der Waals surface area (Å²) in [6.45, 7) is 2.53. The molecule has 0 saturated heterocycles. The third-order valence-corrected chi connectivity index (χ3v) is 7.72. The predicted octanol–water partition coefficient (Wildman–Crippen LogP) is 6.71. The minimum atomic E-state index is -4.89. The van der Waals surface area contributed by atoms with Crippen LogP contribution in [-0.2, 0) is 17.1 Å². The van der Waals surface area contributed by atoms with Gasteiger partial charge in [0.1, 0.15) is 27.3 Å². The zero-order chi connectivity index (χ0) is 29.0. The number of carbonyl (C=O) groups excluding carboxylic acids is 2. The second kappa shape index (κ2) is 9.89. The molecule has 0 bridgehead atoms. The number of pyridine rings is 1. The normalized spacial score (nSPS) is 13.1. The number of hydrogen-bond donors (Lipinski definition) is 2. The molecule has 2 amide bonds.